The summed E-state index contributed by atoms with van der Waals surface area (Å²) in [7, 11) is 0. The van der Waals surface area contributed by atoms with E-state index in [2.05, 4.69) is 5.32 Å². The van der Waals surface area contributed by atoms with Crippen molar-refractivity contribution in [2.45, 2.75) is 19.4 Å². The lowest BCUT2D eigenvalue weighted by atomic mass is 10.2. The van der Waals surface area contributed by atoms with Gasteiger partial charge in [0.1, 0.15) is 5.75 Å². The fourth-order valence-electron chi connectivity index (χ4n) is 1.15. The summed E-state index contributed by atoms with van der Waals surface area (Å²) in [4.78, 5) is 11.7. The monoisotopic (exact) mass is 330 g/mol. The summed E-state index contributed by atoms with van der Waals surface area (Å²) in [5.74, 6) is -0.198. The van der Waals surface area contributed by atoms with Gasteiger partial charge in [-0.1, -0.05) is 0 Å². The van der Waals surface area contributed by atoms with Crippen molar-refractivity contribution in [3.05, 3.63) is 27.3 Å². The van der Waals surface area contributed by atoms with Gasteiger partial charge in [-0.2, -0.15) is 5.26 Å². The van der Waals surface area contributed by atoms with Gasteiger partial charge in [-0.15, -0.1) is 0 Å². The van der Waals surface area contributed by atoms with Gasteiger partial charge in [0.05, 0.1) is 16.1 Å². The molecule has 0 radical (unpaired) electrons. The number of carbonyl (C=O) groups excluding carboxylic acids is 1. The summed E-state index contributed by atoms with van der Waals surface area (Å²) in [6.07, 6.45) is 0.266. The average molecular weight is 330 g/mol. The molecule has 0 aliphatic rings. The van der Waals surface area contributed by atoms with Crippen LogP contribution in [0.15, 0.2) is 18.2 Å². The smallest absolute Gasteiger partial charge is 0.251 e. The number of nitrogens with zero attached hydrogens (tertiary/aromatic N) is 1. The minimum absolute atomic E-state index is 0.0844. The van der Waals surface area contributed by atoms with Crippen LogP contribution in [0.1, 0.15) is 23.7 Å². The number of rotatable bonds is 3. The van der Waals surface area contributed by atoms with Crippen LogP contribution < -0.4 is 5.32 Å². The second-order valence-electron chi connectivity index (χ2n) is 3.40. The van der Waals surface area contributed by atoms with Gasteiger partial charge in [0.25, 0.3) is 5.91 Å². The van der Waals surface area contributed by atoms with E-state index in [1.807, 2.05) is 28.7 Å². The molecule has 0 heterocycles. The largest absolute Gasteiger partial charge is 0.507 e. The van der Waals surface area contributed by atoms with E-state index in [1.54, 1.807) is 19.1 Å². The number of benzene rings is 1. The van der Waals surface area contributed by atoms with Crippen LogP contribution in [-0.4, -0.2) is 17.1 Å². The van der Waals surface area contributed by atoms with Gasteiger partial charge in [0.15, 0.2) is 0 Å². The number of hydrogen-bond acceptors (Lipinski definition) is 3. The summed E-state index contributed by atoms with van der Waals surface area (Å²) >= 11 is 1.98. The van der Waals surface area contributed by atoms with Crippen LogP contribution >= 0.6 is 22.6 Å². The molecule has 1 atom stereocenters. The molecule has 0 fully saturated rings. The van der Waals surface area contributed by atoms with Crippen molar-refractivity contribution in [2.24, 2.45) is 0 Å². The van der Waals surface area contributed by atoms with E-state index in [0.717, 1.165) is 0 Å². The van der Waals surface area contributed by atoms with Crippen LogP contribution in [0.25, 0.3) is 0 Å². The summed E-state index contributed by atoms with van der Waals surface area (Å²) in [5.41, 5.74) is 0.391. The molecule has 1 unspecified atom stereocenters. The summed E-state index contributed by atoms with van der Waals surface area (Å²) in [6, 6.07) is 6.50. The number of phenols is 1. The standard InChI is InChI=1S/C11H11IN2O2/c1-7(4-5-13)14-11(16)8-2-3-9(12)10(15)6-8/h2-3,6-7,15H,4H2,1H3,(H,14,16). The van der Waals surface area contributed by atoms with Gasteiger partial charge >= 0.3 is 0 Å². The lowest BCUT2D eigenvalue weighted by molar-refractivity contribution is 0.0940. The van der Waals surface area contributed by atoms with E-state index in [-0.39, 0.29) is 24.1 Å². The van der Waals surface area contributed by atoms with Crippen molar-refractivity contribution < 1.29 is 9.90 Å². The molecule has 1 aromatic rings. The maximum atomic E-state index is 11.7. The third-order valence-corrected chi connectivity index (χ3v) is 2.90. The van der Waals surface area contributed by atoms with Gasteiger partial charge in [-0.05, 0) is 47.7 Å². The van der Waals surface area contributed by atoms with Crippen LogP contribution in [0.5, 0.6) is 5.75 Å². The number of nitriles is 1. The topological polar surface area (TPSA) is 73.1 Å². The van der Waals surface area contributed by atoms with E-state index in [0.29, 0.717) is 9.13 Å². The molecular formula is C11H11IN2O2. The van der Waals surface area contributed by atoms with Gasteiger partial charge in [0.2, 0.25) is 0 Å². The number of amides is 1. The highest BCUT2D eigenvalue weighted by molar-refractivity contribution is 14.1. The zero-order valence-electron chi connectivity index (χ0n) is 8.70. The van der Waals surface area contributed by atoms with Crippen molar-refractivity contribution in [3.8, 4) is 11.8 Å². The minimum Gasteiger partial charge on any atom is -0.507 e. The molecule has 1 rings (SSSR count). The zero-order chi connectivity index (χ0) is 12.1. The Morgan fingerprint density at radius 2 is 2.38 bits per heavy atom. The van der Waals surface area contributed by atoms with Crippen LogP contribution in [0.2, 0.25) is 0 Å². The lowest BCUT2D eigenvalue weighted by Crippen LogP contribution is -2.32. The number of hydrogen-bond donors (Lipinski definition) is 2. The number of halogens is 1. The molecule has 0 saturated carbocycles. The van der Waals surface area contributed by atoms with Crippen molar-refractivity contribution in [1.29, 1.82) is 5.26 Å². The first-order valence-electron chi connectivity index (χ1n) is 4.71. The van der Waals surface area contributed by atoms with Crippen molar-refractivity contribution in [3.63, 3.8) is 0 Å². The Labute approximate surface area is 107 Å². The minimum atomic E-state index is -0.283. The SMILES string of the molecule is CC(CC#N)NC(=O)c1ccc(I)c(O)c1. The Kier molecular flexibility index (Phi) is 4.55. The Morgan fingerprint density at radius 3 is 2.94 bits per heavy atom. The Hall–Kier alpha value is -1.29. The predicted molar refractivity (Wildman–Crippen MR) is 68.0 cm³/mol. The summed E-state index contributed by atoms with van der Waals surface area (Å²) < 4.78 is 0.694. The maximum Gasteiger partial charge on any atom is 0.251 e. The molecule has 4 nitrogen and oxygen atoms in total. The molecule has 0 aliphatic heterocycles. The van der Waals surface area contributed by atoms with Crippen LogP contribution in [0, 0.1) is 14.9 Å². The first kappa shape index (κ1) is 12.8. The molecule has 1 amide bonds. The Bertz CT molecular complexity index is 440. The zero-order valence-corrected chi connectivity index (χ0v) is 10.9. The van der Waals surface area contributed by atoms with E-state index in [1.165, 1.54) is 6.07 Å². The van der Waals surface area contributed by atoms with Crippen LogP contribution in [0.3, 0.4) is 0 Å². The summed E-state index contributed by atoms with van der Waals surface area (Å²) in [6.45, 7) is 1.76. The van der Waals surface area contributed by atoms with Crippen molar-refractivity contribution >= 4 is 28.5 Å². The number of nitrogens with one attached hydrogen (secondary N) is 1. The lowest BCUT2D eigenvalue weighted by Gasteiger charge is -2.10. The van der Waals surface area contributed by atoms with Crippen molar-refractivity contribution in [2.75, 3.05) is 0 Å². The molecule has 5 heteroatoms. The molecular weight excluding hydrogens is 319 g/mol. The molecule has 84 valence electrons. The quantitative estimate of drug-likeness (QED) is 0.833. The molecule has 0 aliphatic carbocycles. The second kappa shape index (κ2) is 5.70. The van der Waals surface area contributed by atoms with Crippen molar-refractivity contribution in [1.82, 2.24) is 5.32 Å². The highest BCUT2D eigenvalue weighted by Gasteiger charge is 2.10. The summed E-state index contributed by atoms with van der Waals surface area (Å²) in [5, 5.41) is 20.6. The fourth-order valence-corrected chi connectivity index (χ4v) is 1.48. The fraction of sp³-hybridized carbons (Fsp3) is 0.273. The van der Waals surface area contributed by atoms with Crippen LogP contribution in [-0.2, 0) is 0 Å². The molecule has 2 N–H and O–H groups in total. The normalized spacial score (nSPS) is 11.6. The Morgan fingerprint density at radius 1 is 1.69 bits per heavy atom. The second-order valence-corrected chi connectivity index (χ2v) is 4.57. The average Bonchev–Trinajstić information content (AvgIpc) is 2.22. The van der Waals surface area contributed by atoms with E-state index in [4.69, 9.17) is 5.26 Å². The third kappa shape index (κ3) is 3.38. The van der Waals surface area contributed by atoms with Gasteiger partial charge in [-0.3, -0.25) is 4.79 Å². The van der Waals surface area contributed by atoms with E-state index < -0.39 is 0 Å². The molecule has 1 aromatic carbocycles. The highest BCUT2D eigenvalue weighted by Crippen LogP contribution is 2.20. The molecule has 0 bridgehead atoms. The maximum absolute atomic E-state index is 11.7. The third-order valence-electron chi connectivity index (χ3n) is 1.98. The van der Waals surface area contributed by atoms with Gasteiger partial charge in [-0.25, -0.2) is 0 Å². The molecule has 0 saturated heterocycles. The Balaban J connectivity index is 2.74. The first-order chi connectivity index (χ1) is 7.54. The van der Waals surface area contributed by atoms with Gasteiger partial charge in [0, 0.05) is 11.6 Å². The number of aromatic hydroxyl groups is 1. The predicted octanol–water partition coefficient (Wildman–Crippen LogP) is 2.03. The number of carbonyl (C=O) groups is 1. The van der Waals surface area contributed by atoms with Gasteiger partial charge < -0.3 is 10.4 Å². The molecule has 0 spiro atoms. The molecule has 16 heavy (non-hydrogen) atoms. The molecule has 0 aromatic heterocycles. The van der Waals surface area contributed by atoms with E-state index >= 15 is 0 Å². The first-order valence-corrected chi connectivity index (χ1v) is 5.78. The number of phenolic OH excluding ortho intramolecular Hbond substituents is 1. The van der Waals surface area contributed by atoms with E-state index in [9.17, 15) is 9.90 Å². The highest BCUT2D eigenvalue weighted by atomic mass is 127. The van der Waals surface area contributed by atoms with Crippen LogP contribution in [0.4, 0.5) is 0 Å².